The quantitative estimate of drug-likeness (QED) is 0.489. The monoisotopic (exact) mass is 497 g/mol. The van der Waals surface area contributed by atoms with Crippen LogP contribution in [-0.2, 0) is 10.0 Å². The molecule has 1 heterocycles. The van der Waals surface area contributed by atoms with E-state index < -0.39 is 10.0 Å². The van der Waals surface area contributed by atoms with Crippen LogP contribution in [0.1, 0.15) is 22.8 Å². The van der Waals surface area contributed by atoms with Crippen molar-refractivity contribution in [3.8, 4) is 0 Å². The molecular formula is C26H28ClN3O3S. The van der Waals surface area contributed by atoms with Gasteiger partial charge in [0.15, 0.2) is 0 Å². The van der Waals surface area contributed by atoms with E-state index in [0.717, 1.165) is 5.69 Å². The smallest absolute Gasteiger partial charge is 0.264 e. The summed E-state index contributed by atoms with van der Waals surface area (Å²) in [6, 6.07) is 21.6. The third-order valence-corrected chi connectivity index (χ3v) is 8.35. The Labute approximate surface area is 206 Å². The molecule has 1 saturated heterocycles. The Balaban J connectivity index is 1.54. The number of hydrogen-bond donors (Lipinski definition) is 0. The van der Waals surface area contributed by atoms with Crippen LogP contribution in [-0.4, -0.2) is 51.9 Å². The van der Waals surface area contributed by atoms with Crippen molar-refractivity contribution in [3.05, 3.63) is 88.9 Å². The number of halogens is 1. The van der Waals surface area contributed by atoms with Crippen LogP contribution in [0.15, 0.2) is 77.7 Å². The number of aryl methyl sites for hydroxylation is 1. The van der Waals surface area contributed by atoms with Gasteiger partial charge in [-0.1, -0.05) is 41.9 Å². The average molecular weight is 498 g/mol. The molecule has 3 aromatic rings. The number of piperazine rings is 1. The van der Waals surface area contributed by atoms with Crippen molar-refractivity contribution in [1.82, 2.24) is 4.90 Å². The molecule has 1 aliphatic rings. The molecule has 1 fully saturated rings. The SMILES string of the molecule is CCN(c1ccccc1)S(=O)(=O)c1cc(C(=O)N2CCN(c3cccc(Cl)c3)CC2)ccc1C. The van der Waals surface area contributed by atoms with E-state index >= 15 is 0 Å². The zero-order valence-electron chi connectivity index (χ0n) is 19.3. The van der Waals surface area contributed by atoms with Gasteiger partial charge in [-0.3, -0.25) is 9.10 Å². The van der Waals surface area contributed by atoms with E-state index in [1.54, 1.807) is 43.0 Å². The minimum absolute atomic E-state index is 0.154. The van der Waals surface area contributed by atoms with Crippen molar-refractivity contribution >= 4 is 38.9 Å². The van der Waals surface area contributed by atoms with E-state index in [2.05, 4.69) is 4.90 Å². The van der Waals surface area contributed by atoms with Crippen LogP contribution >= 0.6 is 11.6 Å². The molecule has 0 N–H and O–H groups in total. The number of amides is 1. The molecule has 8 heteroatoms. The van der Waals surface area contributed by atoms with Crippen molar-refractivity contribution < 1.29 is 13.2 Å². The first-order valence-corrected chi connectivity index (χ1v) is 13.1. The molecule has 0 atom stereocenters. The fourth-order valence-corrected chi connectivity index (χ4v) is 6.15. The largest absolute Gasteiger partial charge is 0.368 e. The minimum atomic E-state index is -3.83. The number of nitrogens with zero attached hydrogens (tertiary/aromatic N) is 3. The summed E-state index contributed by atoms with van der Waals surface area (Å²) in [4.78, 5) is 17.4. The number of sulfonamides is 1. The third kappa shape index (κ3) is 4.91. The third-order valence-electron chi connectivity index (χ3n) is 6.07. The highest BCUT2D eigenvalue weighted by Crippen LogP contribution is 2.27. The molecule has 34 heavy (non-hydrogen) atoms. The van der Waals surface area contributed by atoms with Crippen molar-refractivity contribution in [2.45, 2.75) is 18.7 Å². The van der Waals surface area contributed by atoms with Crippen LogP contribution in [0.4, 0.5) is 11.4 Å². The van der Waals surface area contributed by atoms with Gasteiger partial charge < -0.3 is 9.80 Å². The molecule has 178 valence electrons. The Morgan fingerprint density at radius 1 is 0.941 bits per heavy atom. The first-order chi connectivity index (χ1) is 16.3. The fraction of sp³-hybridized carbons (Fsp3) is 0.269. The van der Waals surface area contributed by atoms with Crippen LogP contribution in [0.25, 0.3) is 0 Å². The maximum absolute atomic E-state index is 13.5. The predicted octanol–water partition coefficient (Wildman–Crippen LogP) is 4.83. The Morgan fingerprint density at radius 2 is 1.65 bits per heavy atom. The zero-order chi connectivity index (χ0) is 24.3. The lowest BCUT2D eigenvalue weighted by atomic mass is 10.1. The summed E-state index contributed by atoms with van der Waals surface area (Å²) in [5.41, 5.74) is 2.61. The number of rotatable bonds is 6. The molecule has 0 bridgehead atoms. The van der Waals surface area contributed by atoms with Crippen molar-refractivity contribution in [2.75, 3.05) is 41.9 Å². The summed E-state index contributed by atoms with van der Waals surface area (Å²) in [7, 11) is -3.83. The Bertz CT molecular complexity index is 1270. The van der Waals surface area contributed by atoms with Gasteiger partial charge in [0, 0.05) is 49.0 Å². The molecule has 4 rings (SSSR count). The van der Waals surface area contributed by atoms with Gasteiger partial charge in [-0.25, -0.2) is 8.42 Å². The molecule has 1 amide bonds. The topological polar surface area (TPSA) is 60.9 Å². The molecule has 0 radical (unpaired) electrons. The van der Waals surface area contributed by atoms with Gasteiger partial charge in [0.1, 0.15) is 0 Å². The molecule has 6 nitrogen and oxygen atoms in total. The summed E-state index contributed by atoms with van der Waals surface area (Å²) in [6.45, 7) is 6.30. The van der Waals surface area contributed by atoms with Gasteiger partial charge in [0.05, 0.1) is 10.6 Å². The van der Waals surface area contributed by atoms with Crippen LogP contribution in [0.2, 0.25) is 5.02 Å². The summed E-state index contributed by atoms with van der Waals surface area (Å²) in [5.74, 6) is -0.162. The highest BCUT2D eigenvalue weighted by Gasteiger charge is 2.28. The maximum Gasteiger partial charge on any atom is 0.264 e. The van der Waals surface area contributed by atoms with Crippen LogP contribution < -0.4 is 9.21 Å². The Kier molecular flexibility index (Phi) is 7.14. The van der Waals surface area contributed by atoms with Crippen LogP contribution in [0.5, 0.6) is 0 Å². The van der Waals surface area contributed by atoms with Crippen molar-refractivity contribution in [1.29, 1.82) is 0 Å². The number of para-hydroxylation sites is 1. The number of carbonyl (C=O) groups is 1. The highest BCUT2D eigenvalue weighted by molar-refractivity contribution is 7.92. The second-order valence-corrected chi connectivity index (χ2v) is 10.5. The van der Waals surface area contributed by atoms with Gasteiger partial charge in [-0.15, -0.1) is 0 Å². The molecule has 0 aliphatic carbocycles. The van der Waals surface area contributed by atoms with Gasteiger partial charge in [-0.2, -0.15) is 0 Å². The van der Waals surface area contributed by atoms with E-state index in [-0.39, 0.29) is 17.3 Å². The first-order valence-electron chi connectivity index (χ1n) is 11.3. The lowest BCUT2D eigenvalue weighted by Crippen LogP contribution is -2.48. The molecule has 0 spiro atoms. The van der Waals surface area contributed by atoms with Gasteiger partial charge in [0.2, 0.25) is 0 Å². The maximum atomic E-state index is 13.5. The normalized spacial score (nSPS) is 14.2. The minimum Gasteiger partial charge on any atom is -0.368 e. The lowest BCUT2D eigenvalue weighted by Gasteiger charge is -2.36. The zero-order valence-corrected chi connectivity index (χ0v) is 20.9. The summed E-state index contributed by atoms with van der Waals surface area (Å²) in [6.07, 6.45) is 0. The molecule has 3 aromatic carbocycles. The van der Waals surface area contributed by atoms with Gasteiger partial charge in [-0.05, 0) is 61.9 Å². The number of benzene rings is 3. The van der Waals surface area contributed by atoms with E-state index in [0.29, 0.717) is 48.0 Å². The first kappa shape index (κ1) is 24.1. The fourth-order valence-electron chi connectivity index (χ4n) is 4.24. The Hall–Kier alpha value is -3.03. The van der Waals surface area contributed by atoms with Crippen LogP contribution in [0, 0.1) is 6.92 Å². The molecule has 0 unspecified atom stereocenters. The lowest BCUT2D eigenvalue weighted by molar-refractivity contribution is 0.0746. The molecular weight excluding hydrogens is 470 g/mol. The van der Waals surface area contributed by atoms with Gasteiger partial charge in [0.25, 0.3) is 15.9 Å². The molecule has 0 saturated carbocycles. The average Bonchev–Trinajstić information content (AvgIpc) is 2.85. The Morgan fingerprint density at radius 3 is 2.29 bits per heavy atom. The number of hydrogen-bond acceptors (Lipinski definition) is 4. The number of anilines is 2. The van der Waals surface area contributed by atoms with Crippen molar-refractivity contribution in [2.24, 2.45) is 0 Å². The standard InChI is InChI=1S/C26H28ClN3O3S/c1-3-30(23-9-5-4-6-10-23)34(32,33)25-18-21(13-12-20(25)2)26(31)29-16-14-28(15-17-29)24-11-7-8-22(27)19-24/h4-13,18-19H,3,14-17H2,1-2H3. The van der Waals surface area contributed by atoms with E-state index in [1.807, 2.05) is 42.5 Å². The van der Waals surface area contributed by atoms with E-state index in [9.17, 15) is 13.2 Å². The van der Waals surface area contributed by atoms with E-state index in [1.165, 1.54) is 10.4 Å². The van der Waals surface area contributed by atoms with E-state index in [4.69, 9.17) is 11.6 Å². The predicted molar refractivity (Wildman–Crippen MR) is 137 cm³/mol. The van der Waals surface area contributed by atoms with Crippen molar-refractivity contribution in [3.63, 3.8) is 0 Å². The van der Waals surface area contributed by atoms with Crippen LogP contribution in [0.3, 0.4) is 0 Å². The summed E-state index contributed by atoms with van der Waals surface area (Å²) >= 11 is 6.12. The second kappa shape index (κ2) is 10.1. The summed E-state index contributed by atoms with van der Waals surface area (Å²) < 4.78 is 28.5. The molecule has 1 aliphatic heterocycles. The molecule has 0 aromatic heterocycles. The second-order valence-electron chi connectivity index (χ2n) is 8.24. The summed E-state index contributed by atoms with van der Waals surface area (Å²) in [5, 5.41) is 0.682. The van der Waals surface area contributed by atoms with Gasteiger partial charge >= 0.3 is 0 Å². The highest BCUT2D eigenvalue weighted by atomic mass is 35.5. The number of carbonyl (C=O) groups excluding carboxylic acids is 1.